The van der Waals surface area contributed by atoms with Crippen molar-refractivity contribution in [3.63, 3.8) is 0 Å². The molecule has 3 heteroatoms. The van der Waals surface area contributed by atoms with Gasteiger partial charge < -0.3 is 0 Å². The van der Waals surface area contributed by atoms with Gasteiger partial charge in [0.05, 0.1) is 5.69 Å². The maximum Gasteiger partial charge on any atom is 0.228 e. The van der Waals surface area contributed by atoms with Gasteiger partial charge in [0.1, 0.15) is 0 Å². The Balaban J connectivity index is 1.97. The summed E-state index contributed by atoms with van der Waals surface area (Å²) in [6.45, 7) is 0. The van der Waals surface area contributed by atoms with Gasteiger partial charge in [-0.3, -0.25) is 4.79 Å². The minimum atomic E-state index is 0.444. The summed E-state index contributed by atoms with van der Waals surface area (Å²) in [6.07, 6.45) is 7.03. The number of anilines is 1. The number of hydrogen-bond donors (Lipinski definition) is 1. The van der Waals surface area contributed by atoms with Crippen LogP contribution in [0, 0.1) is 0 Å². The van der Waals surface area contributed by atoms with Gasteiger partial charge in [0.2, 0.25) is 6.41 Å². The van der Waals surface area contributed by atoms with Crippen LogP contribution in [0.2, 0.25) is 0 Å². The zero-order valence-corrected chi connectivity index (χ0v) is 9.43. The Morgan fingerprint density at radius 2 is 1.81 bits per heavy atom. The Morgan fingerprint density at radius 3 is 2.44 bits per heavy atom. The molecule has 1 saturated carbocycles. The molecule has 0 radical (unpaired) electrons. The third-order valence-electron chi connectivity index (χ3n) is 3.07. The van der Waals surface area contributed by atoms with E-state index in [1.165, 1.54) is 19.3 Å². The van der Waals surface area contributed by atoms with Gasteiger partial charge in [-0.1, -0.05) is 37.5 Å². The van der Waals surface area contributed by atoms with Crippen molar-refractivity contribution in [2.75, 3.05) is 5.01 Å². The van der Waals surface area contributed by atoms with E-state index in [2.05, 4.69) is 5.43 Å². The second-order valence-corrected chi connectivity index (χ2v) is 4.27. The average Bonchev–Trinajstić information content (AvgIpc) is 2.38. The molecule has 2 rings (SSSR count). The number of benzene rings is 1. The predicted molar refractivity (Wildman–Crippen MR) is 65.0 cm³/mol. The lowest BCUT2D eigenvalue weighted by Gasteiger charge is -2.28. The zero-order valence-electron chi connectivity index (χ0n) is 9.43. The minimum Gasteiger partial charge on any atom is -0.277 e. The number of carbonyl (C=O) groups is 1. The van der Waals surface area contributed by atoms with Gasteiger partial charge >= 0.3 is 0 Å². The summed E-state index contributed by atoms with van der Waals surface area (Å²) in [6, 6.07) is 10.1. The molecule has 0 heterocycles. The predicted octanol–water partition coefficient (Wildman–Crippen LogP) is 2.49. The molecule has 0 aromatic heterocycles. The van der Waals surface area contributed by atoms with Crippen LogP contribution in [-0.4, -0.2) is 12.5 Å². The number of para-hydroxylation sites is 1. The first-order valence-electron chi connectivity index (χ1n) is 5.96. The van der Waals surface area contributed by atoms with Crippen molar-refractivity contribution in [2.24, 2.45) is 0 Å². The van der Waals surface area contributed by atoms with Gasteiger partial charge in [-0.15, -0.1) is 0 Å². The van der Waals surface area contributed by atoms with E-state index >= 15 is 0 Å². The second-order valence-electron chi connectivity index (χ2n) is 4.27. The molecule has 3 nitrogen and oxygen atoms in total. The Bertz CT molecular complexity index is 320. The standard InChI is InChI=1S/C13H18N2O/c16-11-15(13-9-5-2-6-10-13)14-12-7-3-1-4-8-12/h2,5-6,9-12,14H,1,3-4,7-8H2. The average molecular weight is 218 g/mol. The fourth-order valence-corrected chi connectivity index (χ4v) is 2.18. The molecular weight excluding hydrogens is 200 g/mol. The van der Waals surface area contributed by atoms with E-state index in [4.69, 9.17) is 0 Å². The highest BCUT2D eigenvalue weighted by Crippen LogP contribution is 2.19. The normalized spacial score (nSPS) is 17.0. The van der Waals surface area contributed by atoms with Crippen molar-refractivity contribution in [3.8, 4) is 0 Å². The molecule has 0 aliphatic heterocycles. The highest BCUT2D eigenvalue weighted by Gasteiger charge is 2.16. The quantitative estimate of drug-likeness (QED) is 0.622. The van der Waals surface area contributed by atoms with Crippen LogP contribution in [0.1, 0.15) is 32.1 Å². The van der Waals surface area contributed by atoms with Crippen LogP contribution in [0.25, 0.3) is 0 Å². The van der Waals surface area contributed by atoms with Gasteiger partial charge in [-0.25, -0.2) is 10.4 Å². The maximum atomic E-state index is 11.0. The second kappa shape index (κ2) is 5.66. The van der Waals surface area contributed by atoms with Crippen molar-refractivity contribution in [1.82, 2.24) is 5.43 Å². The van der Waals surface area contributed by atoms with E-state index in [1.54, 1.807) is 5.01 Å². The smallest absolute Gasteiger partial charge is 0.228 e. The molecule has 0 saturated heterocycles. The topological polar surface area (TPSA) is 32.3 Å². The van der Waals surface area contributed by atoms with Crippen molar-refractivity contribution >= 4 is 12.1 Å². The summed E-state index contributed by atoms with van der Waals surface area (Å²) in [4.78, 5) is 11.0. The molecule has 1 amide bonds. The summed E-state index contributed by atoms with van der Waals surface area (Å²) < 4.78 is 0. The van der Waals surface area contributed by atoms with Crippen LogP contribution in [0.3, 0.4) is 0 Å². The van der Waals surface area contributed by atoms with Crippen LogP contribution in [0.15, 0.2) is 30.3 Å². The van der Waals surface area contributed by atoms with Gasteiger partial charge in [-0.05, 0) is 25.0 Å². The van der Waals surface area contributed by atoms with E-state index in [0.29, 0.717) is 6.04 Å². The lowest BCUT2D eigenvalue weighted by Crippen LogP contribution is -2.45. The molecule has 1 N–H and O–H groups in total. The van der Waals surface area contributed by atoms with E-state index in [0.717, 1.165) is 24.9 Å². The lowest BCUT2D eigenvalue weighted by atomic mass is 9.96. The molecule has 0 spiro atoms. The fourth-order valence-electron chi connectivity index (χ4n) is 2.18. The summed E-state index contributed by atoms with van der Waals surface area (Å²) in [5.74, 6) is 0. The molecule has 1 fully saturated rings. The Labute approximate surface area is 96.4 Å². The number of nitrogens with one attached hydrogen (secondary N) is 1. The first kappa shape index (κ1) is 11.1. The van der Waals surface area contributed by atoms with Crippen molar-refractivity contribution in [1.29, 1.82) is 0 Å². The number of hydrazine groups is 1. The molecule has 1 aliphatic carbocycles. The largest absolute Gasteiger partial charge is 0.277 e. The van der Waals surface area contributed by atoms with Gasteiger partial charge in [-0.2, -0.15) is 0 Å². The summed E-state index contributed by atoms with van der Waals surface area (Å²) in [7, 11) is 0. The van der Waals surface area contributed by atoms with E-state index in [9.17, 15) is 4.79 Å². The zero-order chi connectivity index (χ0) is 11.2. The SMILES string of the molecule is O=CN(NC1CCCCC1)c1ccccc1. The van der Waals surface area contributed by atoms with Gasteiger partial charge in [0.25, 0.3) is 0 Å². The van der Waals surface area contributed by atoms with Crippen LogP contribution in [-0.2, 0) is 4.79 Å². The Morgan fingerprint density at radius 1 is 1.12 bits per heavy atom. The summed E-state index contributed by atoms with van der Waals surface area (Å²) in [5, 5.41) is 1.59. The Kier molecular flexibility index (Phi) is 3.94. The number of rotatable bonds is 4. The maximum absolute atomic E-state index is 11.0. The number of nitrogens with zero attached hydrogens (tertiary/aromatic N) is 1. The molecule has 0 atom stereocenters. The molecule has 1 aromatic rings. The molecule has 1 aliphatic rings. The first-order valence-corrected chi connectivity index (χ1v) is 5.96. The minimum absolute atomic E-state index is 0.444. The molecule has 1 aromatic carbocycles. The van der Waals surface area contributed by atoms with E-state index < -0.39 is 0 Å². The lowest BCUT2D eigenvalue weighted by molar-refractivity contribution is -0.108. The molecule has 86 valence electrons. The van der Waals surface area contributed by atoms with E-state index in [-0.39, 0.29) is 0 Å². The summed E-state index contributed by atoms with van der Waals surface area (Å²) >= 11 is 0. The Hall–Kier alpha value is -1.35. The number of hydrogen-bond acceptors (Lipinski definition) is 2. The van der Waals surface area contributed by atoms with Crippen molar-refractivity contribution in [3.05, 3.63) is 30.3 Å². The highest BCUT2D eigenvalue weighted by atomic mass is 16.1. The molecule has 0 unspecified atom stereocenters. The molecule has 0 bridgehead atoms. The fraction of sp³-hybridized carbons (Fsp3) is 0.462. The number of carbonyl (C=O) groups excluding carboxylic acids is 1. The van der Waals surface area contributed by atoms with Crippen molar-refractivity contribution in [2.45, 2.75) is 38.1 Å². The molecule has 16 heavy (non-hydrogen) atoms. The first-order chi connectivity index (χ1) is 7.90. The van der Waals surface area contributed by atoms with Gasteiger partial charge in [0.15, 0.2) is 0 Å². The third-order valence-corrected chi connectivity index (χ3v) is 3.07. The number of amides is 1. The van der Waals surface area contributed by atoms with Crippen LogP contribution < -0.4 is 10.4 Å². The van der Waals surface area contributed by atoms with Crippen LogP contribution in [0.5, 0.6) is 0 Å². The van der Waals surface area contributed by atoms with Crippen LogP contribution >= 0.6 is 0 Å². The summed E-state index contributed by atoms with van der Waals surface area (Å²) in [5.41, 5.74) is 4.19. The van der Waals surface area contributed by atoms with Gasteiger partial charge in [0, 0.05) is 6.04 Å². The third kappa shape index (κ3) is 2.83. The highest BCUT2D eigenvalue weighted by molar-refractivity contribution is 5.73. The van der Waals surface area contributed by atoms with Crippen LogP contribution in [0.4, 0.5) is 5.69 Å². The molecular formula is C13H18N2O. The van der Waals surface area contributed by atoms with Crippen molar-refractivity contribution < 1.29 is 4.79 Å². The van der Waals surface area contributed by atoms with E-state index in [1.807, 2.05) is 30.3 Å². The monoisotopic (exact) mass is 218 g/mol.